The van der Waals surface area contributed by atoms with E-state index in [2.05, 4.69) is 34.7 Å². The molecule has 0 fully saturated rings. The van der Waals surface area contributed by atoms with Gasteiger partial charge in [0.25, 0.3) is 0 Å². The molecule has 30 heavy (non-hydrogen) atoms. The highest BCUT2D eigenvalue weighted by Crippen LogP contribution is 2.32. The zero-order chi connectivity index (χ0) is 21.5. The van der Waals surface area contributed by atoms with Gasteiger partial charge in [0.2, 0.25) is 10.0 Å². The average Bonchev–Trinajstić information content (AvgIpc) is 2.72. The molecule has 0 radical (unpaired) electrons. The van der Waals surface area contributed by atoms with E-state index in [1.807, 2.05) is 56.3 Å². The Labute approximate surface area is 191 Å². The summed E-state index contributed by atoms with van der Waals surface area (Å²) in [5, 5.41) is 9.14. The molecule has 0 N–H and O–H groups in total. The lowest BCUT2D eigenvalue weighted by atomic mass is 9.95. The summed E-state index contributed by atoms with van der Waals surface area (Å²) in [6, 6.07) is 19.7. The second-order valence-electron chi connectivity index (χ2n) is 7.63. The van der Waals surface area contributed by atoms with Crippen molar-refractivity contribution in [3.05, 3.63) is 86.0 Å². The molecule has 3 aromatic rings. The number of hydrogen-bond donors (Lipinski definition) is 0. The maximum Gasteiger partial charge on any atom is 0.243 e. The fourth-order valence-corrected chi connectivity index (χ4v) is 6.88. The lowest BCUT2D eigenvalue weighted by molar-refractivity contribution is 0.391. The molecule has 0 saturated carbocycles. The van der Waals surface area contributed by atoms with Crippen LogP contribution < -0.4 is 0 Å². The minimum absolute atomic E-state index is 0.376. The molecule has 4 nitrogen and oxygen atoms in total. The molecule has 0 bridgehead atoms. The largest absolute Gasteiger partial charge is 0.243 e. The summed E-state index contributed by atoms with van der Waals surface area (Å²) in [6.45, 7) is 4.56. The summed E-state index contributed by atoms with van der Waals surface area (Å²) >= 11 is 2.22. The van der Waals surface area contributed by atoms with Crippen LogP contribution in [0.4, 0.5) is 0 Å². The first kappa shape index (κ1) is 21.0. The highest BCUT2D eigenvalue weighted by molar-refractivity contribution is 14.1. The number of rotatable bonds is 3. The van der Waals surface area contributed by atoms with E-state index in [1.165, 1.54) is 0 Å². The fraction of sp³-hybridized carbons (Fsp3) is 0.208. The Kier molecular flexibility index (Phi) is 5.71. The van der Waals surface area contributed by atoms with Crippen molar-refractivity contribution < 1.29 is 8.42 Å². The standard InChI is InChI=1S/C24H21IN2O2S/c1-16-10-23(25)11-17(2)24(16)30(28,29)27-9-8-21-13-20(6-7-22(21)15-27)19-5-3-4-18(12-19)14-26/h3-7,10-13H,8-9,15H2,1-2H3. The summed E-state index contributed by atoms with van der Waals surface area (Å²) in [7, 11) is -3.56. The summed E-state index contributed by atoms with van der Waals surface area (Å²) in [5.74, 6) is 0. The highest BCUT2D eigenvalue weighted by Gasteiger charge is 2.31. The van der Waals surface area contributed by atoms with Crippen molar-refractivity contribution in [1.29, 1.82) is 5.26 Å². The van der Waals surface area contributed by atoms with Crippen LogP contribution in [-0.4, -0.2) is 19.3 Å². The molecular formula is C24H21IN2O2S. The predicted molar refractivity (Wildman–Crippen MR) is 127 cm³/mol. The molecule has 6 heteroatoms. The Balaban J connectivity index is 1.65. The second-order valence-corrected chi connectivity index (χ2v) is 10.8. The second kappa shape index (κ2) is 8.14. The lowest BCUT2D eigenvalue weighted by Crippen LogP contribution is -2.36. The van der Waals surface area contributed by atoms with Crippen molar-refractivity contribution in [2.45, 2.75) is 31.7 Å². The van der Waals surface area contributed by atoms with E-state index >= 15 is 0 Å². The Morgan fingerprint density at radius 2 is 1.67 bits per heavy atom. The van der Waals surface area contributed by atoms with Gasteiger partial charge < -0.3 is 0 Å². The van der Waals surface area contributed by atoms with E-state index in [1.54, 1.807) is 10.4 Å². The Bertz CT molecular complexity index is 1270. The van der Waals surface area contributed by atoms with Crippen LogP contribution >= 0.6 is 22.6 Å². The van der Waals surface area contributed by atoms with E-state index in [4.69, 9.17) is 5.26 Å². The number of fused-ring (bicyclic) bond motifs is 1. The van der Waals surface area contributed by atoms with Crippen LogP contribution in [0.25, 0.3) is 11.1 Å². The topological polar surface area (TPSA) is 61.2 Å². The van der Waals surface area contributed by atoms with Gasteiger partial charge in [-0.1, -0.05) is 30.3 Å². The molecule has 0 atom stereocenters. The van der Waals surface area contributed by atoms with Crippen LogP contribution in [0.15, 0.2) is 59.5 Å². The van der Waals surface area contributed by atoms with Gasteiger partial charge in [0.1, 0.15) is 0 Å². The number of halogens is 1. The molecule has 152 valence electrons. The molecule has 4 rings (SSSR count). The van der Waals surface area contributed by atoms with E-state index in [9.17, 15) is 8.42 Å². The SMILES string of the molecule is Cc1cc(I)cc(C)c1S(=O)(=O)N1CCc2cc(-c3cccc(C#N)c3)ccc2C1. The number of nitrogens with zero attached hydrogens (tertiary/aromatic N) is 2. The van der Waals surface area contributed by atoms with Crippen molar-refractivity contribution in [2.24, 2.45) is 0 Å². The van der Waals surface area contributed by atoms with E-state index in [-0.39, 0.29) is 0 Å². The normalized spacial score (nSPS) is 14.2. The minimum atomic E-state index is -3.56. The maximum absolute atomic E-state index is 13.4. The van der Waals surface area contributed by atoms with Gasteiger partial charge >= 0.3 is 0 Å². The molecule has 0 saturated heterocycles. The monoisotopic (exact) mass is 528 g/mol. The molecule has 1 aliphatic heterocycles. The Morgan fingerprint density at radius 3 is 2.37 bits per heavy atom. The van der Waals surface area contributed by atoms with Crippen molar-refractivity contribution in [3.63, 3.8) is 0 Å². The average molecular weight is 528 g/mol. The first-order valence-electron chi connectivity index (χ1n) is 9.69. The zero-order valence-electron chi connectivity index (χ0n) is 16.8. The number of hydrogen-bond acceptors (Lipinski definition) is 3. The van der Waals surface area contributed by atoms with Gasteiger partial charge in [0.15, 0.2) is 0 Å². The van der Waals surface area contributed by atoms with Crippen molar-refractivity contribution in [2.75, 3.05) is 6.54 Å². The van der Waals surface area contributed by atoms with Crippen molar-refractivity contribution in [3.8, 4) is 17.2 Å². The first-order chi connectivity index (χ1) is 14.3. The van der Waals surface area contributed by atoms with Gasteiger partial charge in [0, 0.05) is 16.7 Å². The molecule has 0 aromatic heterocycles. The predicted octanol–water partition coefficient (Wildman–Crippen LogP) is 5.19. The summed E-state index contributed by atoms with van der Waals surface area (Å²) in [5.41, 5.74) is 6.45. The van der Waals surface area contributed by atoms with Crippen LogP contribution in [0.1, 0.15) is 27.8 Å². The first-order valence-corrected chi connectivity index (χ1v) is 12.2. The van der Waals surface area contributed by atoms with Crippen molar-refractivity contribution in [1.82, 2.24) is 4.31 Å². The maximum atomic E-state index is 13.4. The summed E-state index contributed by atoms with van der Waals surface area (Å²) in [4.78, 5) is 0.427. The van der Waals surface area contributed by atoms with Crippen LogP contribution in [0.3, 0.4) is 0 Å². The molecule has 1 aliphatic rings. The number of benzene rings is 3. The van der Waals surface area contributed by atoms with E-state index in [0.29, 0.717) is 30.0 Å². The smallest absolute Gasteiger partial charge is 0.207 e. The molecule has 0 spiro atoms. The molecule has 3 aromatic carbocycles. The number of sulfonamides is 1. The van der Waals surface area contributed by atoms with E-state index in [0.717, 1.165) is 37.0 Å². The quantitative estimate of drug-likeness (QED) is 0.440. The molecular weight excluding hydrogens is 507 g/mol. The van der Waals surface area contributed by atoms with Crippen LogP contribution in [-0.2, 0) is 23.0 Å². The lowest BCUT2D eigenvalue weighted by Gasteiger charge is -2.29. The third-order valence-corrected chi connectivity index (χ3v) is 8.31. The fourth-order valence-electron chi connectivity index (χ4n) is 4.11. The van der Waals surface area contributed by atoms with Gasteiger partial charge in [-0.2, -0.15) is 9.57 Å². The molecule has 1 heterocycles. The summed E-state index contributed by atoms with van der Waals surface area (Å²) < 4.78 is 29.4. The van der Waals surface area contributed by atoms with E-state index < -0.39 is 10.0 Å². The number of nitriles is 1. The van der Waals surface area contributed by atoms with Gasteiger partial charge in [-0.3, -0.25) is 0 Å². The van der Waals surface area contributed by atoms with Gasteiger partial charge in [-0.15, -0.1) is 0 Å². The third-order valence-electron chi connectivity index (χ3n) is 5.53. The highest BCUT2D eigenvalue weighted by atomic mass is 127. The van der Waals surface area contributed by atoms with Crippen molar-refractivity contribution >= 4 is 32.6 Å². The minimum Gasteiger partial charge on any atom is -0.207 e. The Hall–Kier alpha value is -2.21. The Morgan fingerprint density at radius 1 is 0.967 bits per heavy atom. The molecule has 0 unspecified atom stereocenters. The number of aryl methyl sites for hydroxylation is 2. The van der Waals surface area contributed by atoms with Crippen LogP contribution in [0, 0.1) is 28.7 Å². The molecule has 0 aliphatic carbocycles. The van der Waals surface area contributed by atoms with Crippen LogP contribution in [0.5, 0.6) is 0 Å². The zero-order valence-corrected chi connectivity index (χ0v) is 19.8. The van der Waals surface area contributed by atoms with Gasteiger partial charge in [0.05, 0.1) is 16.5 Å². The van der Waals surface area contributed by atoms with Gasteiger partial charge in [-0.05, 0) is 101 Å². The van der Waals surface area contributed by atoms with Crippen LogP contribution in [0.2, 0.25) is 0 Å². The molecule has 0 amide bonds. The third kappa shape index (κ3) is 3.89. The van der Waals surface area contributed by atoms with Gasteiger partial charge in [-0.25, -0.2) is 8.42 Å². The summed E-state index contributed by atoms with van der Waals surface area (Å²) in [6.07, 6.45) is 0.669.